The van der Waals surface area contributed by atoms with Crippen molar-refractivity contribution in [2.75, 3.05) is 18.7 Å². The first-order valence-corrected chi connectivity index (χ1v) is 6.46. The summed E-state index contributed by atoms with van der Waals surface area (Å²) in [6.07, 6.45) is -1.23. The maximum absolute atomic E-state index is 12.8. The third-order valence-corrected chi connectivity index (χ3v) is 3.01. The minimum Gasteiger partial charge on any atom is -0.380 e. The molecule has 1 aliphatic heterocycles. The quantitative estimate of drug-likeness (QED) is 0.928. The highest BCUT2D eigenvalue weighted by molar-refractivity contribution is 5.94. The smallest absolute Gasteiger partial charge is 0.380 e. The molecule has 7 heteroatoms. The number of hydrazine groups is 1. The van der Waals surface area contributed by atoms with Crippen LogP contribution in [0.2, 0.25) is 0 Å². The molecule has 0 fully saturated rings. The van der Waals surface area contributed by atoms with Crippen molar-refractivity contribution in [2.24, 2.45) is 0 Å². The van der Waals surface area contributed by atoms with Gasteiger partial charge in [0.25, 0.3) is 0 Å². The Bertz CT molecular complexity index is 636. The number of halogens is 3. The summed E-state index contributed by atoms with van der Waals surface area (Å²) in [6.45, 7) is 1.62. The fraction of sp³-hybridized carbons (Fsp3) is 0.267. The molecule has 1 heterocycles. The van der Waals surface area contributed by atoms with Gasteiger partial charge in [-0.25, -0.2) is 0 Å². The summed E-state index contributed by atoms with van der Waals surface area (Å²) in [5, 5.41) is 1.38. The first-order chi connectivity index (χ1) is 10.3. The lowest BCUT2D eigenvalue weighted by molar-refractivity contribution is -0.137. The number of Topliss-reactive ketones (excluding diaryl/α,β-unsaturated/α-hetero) is 1. The second-order valence-corrected chi connectivity index (χ2v) is 4.78. The maximum atomic E-state index is 12.8. The number of carbonyl (C=O) groups is 1. The van der Waals surface area contributed by atoms with E-state index in [1.165, 1.54) is 31.2 Å². The first kappa shape index (κ1) is 16.1. The number of anilines is 1. The lowest BCUT2D eigenvalue weighted by Crippen LogP contribution is -2.38. The van der Waals surface area contributed by atoms with Gasteiger partial charge in [-0.15, -0.1) is 0 Å². The van der Waals surface area contributed by atoms with E-state index in [0.717, 1.165) is 12.1 Å². The molecule has 1 aromatic carbocycles. The predicted octanol–water partition coefficient (Wildman–Crippen LogP) is 3.03. The van der Waals surface area contributed by atoms with Crippen molar-refractivity contribution in [1.82, 2.24) is 5.43 Å². The summed E-state index contributed by atoms with van der Waals surface area (Å²) in [4.78, 5) is 11.5. The second kappa shape index (κ2) is 6.23. The SMILES string of the molecule is COCC1=CN(c2cccc(C(F)(F)F)c2)NC(C(C)=O)=C1. The van der Waals surface area contributed by atoms with E-state index in [9.17, 15) is 18.0 Å². The lowest BCUT2D eigenvalue weighted by Gasteiger charge is -2.28. The molecule has 4 nitrogen and oxygen atoms in total. The zero-order valence-corrected chi connectivity index (χ0v) is 12.1. The van der Waals surface area contributed by atoms with Crippen LogP contribution in [0.4, 0.5) is 18.9 Å². The van der Waals surface area contributed by atoms with Gasteiger partial charge in [-0.2, -0.15) is 13.2 Å². The van der Waals surface area contributed by atoms with Crippen LogP contribution in [-0.4, -0.2) is 19.5 Å². The van der Waals surface area contributed by atoms with E-state index in [1.807, 2.05) is 0 Å². The van der Waals surface area contributed by atoms with E-state index in [0.29, 0.717) is 5.57 Å². The Labute approximate surface area is 125 Å². The molecule has 0 spiro atoms. The van der Waals surface area contributed by atoms with Crippen LogP contribution in [0.3, 0.4) is 0 Å². The molecule has 0 saturated carbocycles. The molecule has 0 saturated heterocycles. The van der Waals surface area contributed by atoms with Crippen LogP contribution in [0.25, 0.3) is 0 Å². The highest BCUT2D eigenvalue weighted by atomic mass is 19.4. The third-order valence-electron chi connectivity index (χ3n) is 3.01. The van der Waals surface area contributed by atoms with Gasteiger partial charge in [-0.3, -0.25) is 15.2 Å². The molecule has 22 heavy (non-hydrogen) atoms. The Hall–Kier alpha value is -2.28. The summed E-state index contributed by atoms with van der Waals surface area (Å²) in [7, 11) is 1.50. The molecule has 0 amide bonds. The molecule has 0 radical (unpaired) electrons. The Morgan fingerprint density at radius 1 is 1.36 bits per heavy atom. The van der Waals surface area contributed by atoms with Crippen molar-refractivity contribution in [3.63, 3.8) is 0 Å². The van der Waals surface area contributed by atoms with Gasteiger partial charge in [-0.05, 0) is 29.8 Å². The lowest BCUT2D eigenvalue weighted by atomic mass is 10.1. The summed E-state index contributed by atoms with van der Waals surface area (Å²) in [6, 6.07) is 4.84. The average Bonchev–Trinajstić information content (AvgIpc) is 2.46. The number of ketones is 1. The van der Waals surface area contributed by atoms with E-state index >= 15 is 0 Å². The summed E-state index contributed by atoms with van der Waals surface area (Å²) < 4.78 is 43.4. The number of benzene rings is 1. The summed E-state index contributed by atoms with van der Waals surface area (Å²) in [5.41, 5.74) is 3.25. The van der Waals surface area contributed by atoms with E-state index in [2.05, 4.69) is 5.43 Å². The molecule has 2 rings (SSSR count). The minimum absolute atomic E-state index is 0.223. The zero-order chi connectivity index (χ0) is 16.3. The van der Waals surface area contributed by atoms with E-state index in [1.54, 1.807) is 12.3 Å². The number of carbonyl (C=O) groups excluding carboxylic acids is 1. The molecule has 1 aromatic rings. The average molecular weight is 312 g/mol. The van der Waals surface area contributed by atoms with Crippen LogP contribution in [0.5, 0.6) is 0 Å². The van der Waals surface area contributed by atoms with Crippen LogP contribution in [0, 0.1) is 0 Å². The van der Waals surface area contributed by atoms with E-state index in [4.69, 9.17) is 4.74 Å². The van der Waals surface area contributed by atoms with Crippen molar-refractivity contribution in [3.8, 4) is 0 Å². The van der Waals surface area contributed by atoms with Gasteiger partial charge >= 0.3 is 6.18 Å². The standard InChI is InChI=1S/C15H15F3N2O2/c1-10(21)14-6-11(9-22-2)8-20(19-14)13-5-3-4-12(7-13)15(16,17)18/h3-8,19H,9H2,1-2H3. The number of nitrogens with one attached hydrogen (secondary N) is 1. The van der Waals surface area contributed by atoms with Crippen molar-refractivity contribution in [1.29, 1.82) is 0 Å². The molecule has 0 aliphatic carbocycles. The van der Waals surface area contributed by atoms with Gasteiger partial charge < -0.3 is 4.74 Å². The molecule has 1 N–H and O–H groups in total. The number of hydrogen-bond donors (Lipinski definition) is 1. The van der Waals surface area contributed by atoms with Crippen molar-refractivity contribution in [3.05, 3.63) is 53.4 Å². The molecule has 118 valence electrons. The molecule has 0 bridgehead atoms. The van der Waals surface area contributed by atoms with Crippen LogP contribution >= 0.6 is 0 Å². The number of rotatable bonds is 4. The normalized spacial score (nSPS) is 15.0. The fourth-order valence-electron chi connectivity index (χ4n) is 1.98. The van der Waals surface area contributed by atoms with Gasteiger partial charge in [0.05, 0.1) is 23.6 Å². The Kier molecular flexibility index (Phi) is 4.56. The predicted molar refractivity (Wildman–Crippen MR) is 75.8 cm³/mol. The van der Waals surface area contributed by atoms with Gasteiger partial charge in [0.1, 0.15) is 0 Å². The van der Waals surface area contributed by atoms with E-state index < -0.39 is 11.7 Å². The minimum atomic E-state index is -4.43. The highest BCUT2D eigenvalue weighted by Gasteiger charge is 2.31. The topological polar surface area (TPSA) is 41.6 Å². The molecular formula is C15H15F3N2O2. The van der Waals surface area contributed by atoms with Crippen molar-refractivity contribution < 1.29 is 22.7 Å². The molecule has 1 aliphatic rings. The van der Waals surface area contributed by atoms with Crippen LogP contribution in [0.15, 0.2) is 47.8 Å². The number of allylic oxidation sites excluding steroid dienone is 1. The van der Waals surface area contributed by atoms with Crippen LogP contribution in [0.1, 0.15) is 12.5 Å². The Balaban J connectivity index is 2.36. The first-order valence-electron chi connectivity index (χ1n) is 6.46. The molecular weight excluding hydrogens is 297 g/mol. The summed E-state index contributed by atoms with van der Waals surface area (Å²) in [5.74, 6) is -0.223. The zero-order valence-electron chi connectivity index (χ0n) is 12.1. The van der Waals surface area contributed by atoms with Gasteiger partial charge in [0, 0.05) is 20.2 Å². The number of ether oxygens (including phenoxy) is 1. The third kappa shape index (κ3) is 3.67. The number of methoxy groups -OCH3 is 1. The largest absolute Gasteiger partial charge is 0.416 e. The Morgan fingerprint density at radius 3 is 2.68 bits per heavy atom. The van der Waals surface area contributed by atoms with Crippen LogP contribution < -0.4 is 10.4 Å². The van der Waals surface area contributed by atoms with Gasteiger partial charge in [0.2, 0.25) is 0 Å². The van der Waals surface area contributed by atoms with Crippen LogP contribution in [-0.2, 0) is 15.7 Å². The monoisotopic (exact) mass is 312 g/mol. The number of nitrogens with zero attached hydrogens (tertiary/aromatic N) is 1. The van der Waals surface area contributed by atoms with E-state index in [-0.39, 0.29) is 23.8 Å². The summed E-state index contributed by atoms with van der Waals surface area (Å²) >= 11 is 0. The molecule has 0 aromatic heterocycles. The molecule has 0 atom stereocenters. The fourth-order valence-corrected chi connectivity index (χ4v) is 1.98. The maximum Gasteiger partial charge on any atom is 0.416 e. The second-order valence-electron chi connectivity index (χ2n) is 4.78. The van der Waals surface area contributed by atoms with Gasteiger partial charge in [0.15, 0.2) is 5.78 Å². The number of hydrogen-bond acceptors (Lipinski definition) is 4. The van der Waals surface area contributed by atoms with Crippen molar-refractivity contribution in [2.45, 2.75) is 13.1 Å². The number of alkyl halides is 3. The van der Waals surface area contributed by atoms with Crippen molar-refractivity contribution >= 4 is 11.5 Å². The van der Waals surface area contributed by atoms with Gasteiger partial charge in [-0.1, -0.05) is 6.07 Å². The molecule has 0 unspecified atom stereocenters. The Morgan fingerprint density at radius 2 is 2.09 bits per heavy atom. The highest BCUT2D eigenvalue weighted by Crippen LogP contribution is 2.32.